The first-order chi connectivity index (χ1) is 14.4. The lowest BCUT2D eigenvalue weighted by Gasteiger charge is -2.33. The summed E-state index contributed by atoms with van der Waals surface area (Å²) in [6.07, 6.45) is 4.39. The van der Waals surface area contributed by atoms with Crippen LogP contribution in [0.1, 0.15) is 25.7 Å². The third kappa shape index (κ3) is 4.46. The number of nitrogens with zero attached hydrogens (tertiary/aromatic N) is 3. The highest BCUT2D eigenvalue weighted by molar-refractivity contribution is 7.88. The number of para-hydroxylation sites is 1. The van der Waals surface area contributed by atoms with Gasteiger partial charge >= 0.3 is 0 Å². The molecule has 30 heavy (non-hydrogen) atoms. The second-order valence-corrected chi connectivity index (χ2v) is 10.8. The normalized spacial score (nSPS) is 23.0. The molecule has 0 bridgehead atoms. The second kappa shape index (κ2) is 8.78. The highest BCUT2D eigenvalue weighted by atomic mass is 32.2. The molecule has 1 aromatic carbocycles. The second-order valence-electron chi connectivity index (χ2n) is 7.85. The predicted octanol–water partition coefficient (Wildman–Crippen LogP) is 2.49. The van der Waals surface area contributed by atoms with E-state index in [-0.39, 0.29) is 24.5 Å². The predicted molar refractivity (Wildman–Crippen MR) is 117 cm³/mol. The van der Waals surface area contributed by atoms with E-state index < -0.39 is 10.0 Å². The van der Waals surface area contributed by atoms with Crippen molar-refractivity contribution in [3.63, 3.8) is 0 Å². The molecule has 4 rings (SSSR count). The molecule has 2 aromatic rings. The van der Waals surface area contributed by atoms with E-state index in [0.29, 0.717) is 43.4 Å². The third-order valence-electron chi connectivity index (χ3n) is 5.70. The van der Waals surface area contributed by atoms with Gasteiger partial charge in [0.2, 0.25) is 15.9 Å². The molecule has 0 saturated carbocycles. The Morgan fingerprint density at radius 1 is 1.37 bits per heavy atom. The molecule has 0 radical (unpaired) electrons. The van der Waals surface area contributed by atoms with Crippen LogP contribution in [0.2, 0.25) is 0 Å². The van der Waals surface area contributed by atoms with Gasteiger partial charge in [-0.25, -0.2) is 17.7 Å². The molecule has 1 aromatic heterocycles. The van der Waals surface area contributed by atoms with Crippen LogP contribution in [-0.4, -0.2) is 69.3 Å². The summed E-state index contributed by atoms with van der Waals surface area (Å²) < 4.78 is 37.6. The summed E-state index contributed by atoms with van der Waals surface area (Å²) in [4.78, 5) is 20.0. The number of carbonyl (C=O) groups excluding carboxylic acids is 1. The molecule has 2 unspecified atom stereocenters. The zero-order valence-corrected chi connectivity index (χ0v) is 18.9. The van der Waals surface area contributed by atoms with Crippen LogP contribution in [0.5, 0.6) is 5.75 Å². The number of hydrogen-bond acceptors (Lipinski definition) is 7. The van der Waals surface area contributed by atoms with Crippen molar-refractivity contribution in [2.24, 2.45) is 5.92 Å². The van der Waals surface area contributed by atoms with Crippen LogP contribution in [-0.2, 0) is 19.6 Å². The fourth-order valence-electron chi connectivity index (χ4n) is 4.11. The average Bonchev–Trinajstić information content (AvgIpc) is 3.40. The molecular weight excluding hydrogens is 426 g/mol. The first-order valence-corrected chi connectivity index (χ1v) is 12.8. The van der Waals surface area contributed by atoms with Crippen LogP contribution in [0.3, 0.4) is 0 Å². The van der Waals surface area contributed by atoms with Gasteiger partial charge in [-0.3, -0.25) is 9.69 Å². The minimum atomic E-state index is -3.33. The van der Waals surface area contributed by atoms with E-state index in [1.54, 1.807) is 12.0 Å². The molecule has 1 amide bonds. The summed E-state index contributed by atoms with van der Waals surface area (Å²) in [5.41, 5.74) is 0.728. The largest absolute Gasteiger partial charge is 0.494 e. The van der Waals surface area contributed by atoms with Crippen molar-refractivity contribution in [2.75, 3.05) is 44.5 Å². The lowest BCUT2D eigenvalue weighted by Crippen LogP contribution is -2.48. The quantitative estimate of drug-likeness (QED) is 0.668. The number of benzene rings is 1. The smallest absolute Gasteiger partial charge is 0.233 e. The van der Waals surface area contributed by atoms with Crippen molar-refractivity contribution in [2.45, 2.75) is 31.8 Å². The Morgan fingerprint density at radius 3 is 2.90 bits per heavy atom. The van der Waals surface area contributed by atoms with Crippen molar-refractivity contribution >= 4 is 42.6 Å². The van der Waals surface area contributed by atoms with Gasteiger partial charge in [0.15, 0.2) is 5.13 Å². The number of piperidine rings is 1. The molecule has 0 aliphatic carbocycles. The molecule has 0 spiro atoms. The Kier molecular flexibility index (Phi) is 6.29. The molecule has 0 N–H and O–H groups in total. The van der Waals surface area contributed by atoms with Crippen LogP contribution < -0.4 is 9.64 Å². The van der Waals surface area contributed by atoms with Gasteiger partial charge < -0.3 is 9.47 Å². The first-order valence-electron chi connectivity index (χ1n) is 10.2. The van der Waals surface area contributed by atoms with Crippen molar-refractivity contribution in [3.05, 3.63) is 18.2 Å². The number of amides is 1. The first kappa shape index (κ1) is 21.5. The lowest BCUT2D eigenvalue weighted by atomic mass is 9.98. The number of aromatic nitrogens is 1. The Morgan fingerprint density at radius 2 is 2.20 bits per heavy atom. The SMILES string of the molecule is COc1cccc2sc(N(CC3CCCO3)C(=O)C3CCCN(S(C)(=O)=O)C3)nc12. The summed E-state index contributed by atoms with van der Waals surface area (Å²) in [6.45, 7) is 1.81. The standard InChI is InChI=1S/C20H27N3O5S2/c1-27-16-8-3-9-17-18(16)21-20(29-17)23(13-15-7-5-11-28-15)19(24)14-6-4-10-22(12-14)30(2,25)26/h3,8-9,14-15H,4-7,10-13H2,1-2H3. The van der Waals surface area contributed by atoms with E-state index in [1.807, 2.05) is 18.2 Å². The Bertz CT molecular complexity index is 1020. The number of ether oxygens (including phenoxy) is 2. The number of fused-ring (bicyclic) bond motifs is 1. The number of methoxy groups -OCH3 is 1. The Hall–Kier alpha value is -1.75. The molecule has 2 saturated heterocycles. The highest BCUT2D eigenvalue weighted by Crippen LogP contribution is 2.36. The average molecular weight is 454 g/mol. The number of anilines is 1. The van der Waals surface area contributed by atoms with Gasteiger partial charge in [-0.15, -0.1) is 0 Å². The molecule has 3 heterocycles. The fraction of sp³-hybridized carbons (Fsp3) is 0.600. The van der Waals surface area contributed by atoms with Gasteiger partial charge in [0.05, 0.1) is 36.6 Å². The topological polar surface area (TPSA) is 89.0 Å². The van der Waals surface area contributed by atoms with Crippen molar-refractivity contribution in [1.29, 1.82) is 0 Å². The van der Waals surface area contributed by atoms with Crippen LogP contribution in [0, 0.1) is 5.92 Å². The number of sulfonamides is 1. The fourth-order valence-corrected chi connectivity index (χ4v) is 6.02. The van der Waals surface area contributed by atoms with Crippen molar-refractivity contribution in [1.82, 2.24) is 9.29 Å². The Labute approximate surface area is 180 Å². The van der Waals surface area contributed by atoms with Gasteiger partial charge in [0.25, 0.3) is 0 Å². The third-order valence-corrected chi connectivity index (χ3v) is 8.01. The van der Waals surface area contributed by atoms with Gasteiger partial charge in [-0.1, -0.05) is 17.4 Å². The number of thiazole rings is 1. The molecule has 2 fully saturated rings. The zero-order chi connectivity index (χ0) is 21.3. The summed E-state index contributed by atoms with van der Waals surface area (Å²) >= 11 is 1.44. The maximum Gasteiger partial charge on any atom is 0.233 e. The van der Waals surface area contributed by atoms with E-state index >= 15 is 0 Å². The Balaban J connectivity index is 1.65. The van der Waals surface area contributed by atoms with Crippen LogP contribution in [0.25, 0.3) is 10.2 Å². The summed E-state index contributed by atoms with van der Waals surface area (Å²) in [5.74, 6) is 0.195. The van der Waals surface area contributed by atoms with Crippen LogP contribution in [0.15, 0.2) is 18.2 Å². The summed E-state index contributed by atoms with van der Waals surface area (Å²) in [7, 11) is -1.72. The maximum atomic E-state index is 13.6. The van der Waals surface area contributed by atoms with Crippen molar-refractivity contribution in [3.8, 4) is 5.75 Å². The molecule has 164 valence electrons. The van der Waals surface area contributed by atoms with Gasteiger partial charge in [-0.2, -0.15) is 0 Å². The molecule has 10 heteroatoms. The molecular formula is C20H27N3O5S2. The van der Waals surface area contributed by atoms with Gasteiger partial charge in [0, 0.05) is 19.7 Å². The lowest BCUT2D eigenvalue weighted by molar-refractivity contribution is -0.123. The van der Waals surface area contributed by atoms with E-state index in [9.17, 15) is 13.2 Å². The van der Waals surface area contributed by atoms with Gasteiger partial charge in [0.1, 0.15) is 11.3 Å². The molecule has 8 nitrogen and oxygen atoms in total. The monoisotopic (exact) mass is 453 g/mol. The number of hydrogen-bond donors (Lipinski definition) is 0. The minimum Gasteiger partial charge on any atom is -0.494 e. The van der Waals surface area contributed by atoms with Crippen LogP contribution >= 0.6 is 11.3 Å². The van der Waals surface area contributed by atoms with E-state index in [0.717, 1.165) is 23.1 Å². The molecule has 2 atom stereocenters. The zero-order valence-electron chi connectivity index (χ0n) is 17.2. The summed E-state index contributed by atoms with van der Waals surface area (Å²) in [6, 6.07) is 5.71. The van der Waals surface area contributed by atoms with Crippen LogP contribution in [0.4, 0.5) is 5.13 Å². The summed E-state index contributed by atoms with van der Waals surface area (Å²) in [5, 5.41) is 0.603. The van der Waals surface area contributed by atoms with E-state index in [1.165, 1.54) is 21.9 Å². The number of rotatable bonds is 6. The van der Waals surface area contributed by atoms with Gasteiger partial charge in [-0.05, 0) is 37.8 Å². The van der Waals surface area contributed by atoms with E-state index in [2.05, 4.69) is 0 Å². The number of carbonyl (C=O) groups is 1. The highest BCUT2D eigenvalue weighted by Gasteiger charge is 2.35. The molecule has 2 aliphatic heterocycles. The maximum absolute atomic E-state index is 13.6. The van der Waals surface area contributed by atoms with Crippen molar-refractivity contribution < 1.29 is 22.7 Å². The molecule has 2 aliphatic rings. The minimum absolute atomic E-state index is 0.0301. The van der Waals surface area contributed by atoms with E-state index in [4.69, 9.17) is 14.5 Å².